The predicted octanol–water partition coefficient (Wildman–Crippen LogP) is 2.40. The zero-order valence-electron chi connectivity index (χ0n) is 15.5. The molecule has 2 aromatic heterocycles. The number of piperazine rings is 1. The molecule has 1 fully saturated rings. The van der Waals surface area contributed by atoms with Crippen molar-refractivity contribution < 1.29 is 27.1 Å². The molecule has 3 aromatic rings. The number of anilines is 1. The van der Waals surface area contributed by atoms with Crippen molar-refractivity contribution in [2.45, 2.75) is 6.18 Å². The summed E-state index contributed by atoms with van der Waals surface area (Å²) in [7, 11) is 0. The molecule has 3 heterocycles. The summed E-state index contributed by atoms with van der Waals surface area (Å²) in [5.74, 6) is -0.569. The molecule has 0 spiro atoms. The summed E-state index contributed by atoms with van der Waals surface area (Å²) in [5, 5.41) is 7.14. The summed E-state index contributed by atoms with van der Waals surface area (Å²) >= 11 is 0. The van der Waals surface area contributed by atoms with Crippen LogP contribution in [0, 0.1) is 5.82 Å². The molecule has 1 amide bonds. The van der Waals surface area contributed by atoms with E-state index in [0.717, 1.165) is 6.33 Å². The summed E-state index contributed by atoms with van der Waals surface area (Å²) < 4.78 is 55.1. The number of alkyl halides is 3. The largest absolute Gasteiger partial charge is 0.468 e. The van der Waals surface area contributed by atoms with E-state index in [1.165, 1.54) is 24.3 Å². The highest BCUT2D eigenvalue weighted by Crippen LogP contribution is 2.22. The van der Waals surface area contributed by atoms with E-state index in [-0.39, 0.29) is 17.5 Å². The molecular weight excluding hydrogens is 408 g/mol. The van der Waals surface area contributed by atoms with Crippen molar-refractivity contribution in [3.8, 4) is 5.88 Å². The minimum Gasteiger partial charge on any atom is -0.468 e. The number of fused-ring (bicyclic) bond motifs is 1. The molecular formula is C18H16F4N6O2. The average Bonchev–Trinajstić information content (AvgIpc) is 3.14. The first-order valence-corrected chi connectivity index (χ1v) is 8.99. The maximum Gasteiger partial charge on any atom is 0.422 e. The number of hydrogen-bond donors (Lipinski definition) is 1. The van der Waals surface area contributed by atoms with Crippen molar-refractivity contribution in [1.82, 2.24) is 25.1 Å². The number of nitrogens with zero attached hydrogens (tertiary/aromatic N) is 5. The van der Waals surface area contributed by atoms with Crippen molar-refractivity contribution in [1.29, 1.82) is 0 Å². The molecule has 1 aliphatic rings. The van der Waals surface area contributed by atoms with Gasteiger partial charge in [-0.25, -0.2) is 14.4 Å². The Morgan fingerprint density at radius 1 is 1.13 bits per heavy atom. The summed E-state index contributed by atoms with van der Waals surface area (Å²) in [5.41, 5.74) is 0.702. The molecule has 0 unspecified atom stereocenters. The lowest BCUT2D eigenvalue weighted by molar-refractivity contribution is -0.154. The quantitative estimate of drug-likeness (QED) is 0.648. The zero-order valence-corrected chi connectivity index (χ0v) is 15.5. The molecule has 1 saturated heterocycles. The van der Waals surface area contributed by atoms with Gasteiger partial charge in [-0.05, 0) is 18.2 Å². The second-order valence-corrected chi connectivity index (χ2v) is 6.66. The molecule has 1 aromatic carbocycles. The van der Waals surface area contributed by atoms with Gasteiger partial charge in [0.2, 0.25) is 5.88 Å². The number of aromatic nitrogens is 4. The fraction of sp³-hybridized carbons (Fsp3) is 0.333. The van der Waals surface area contributed by atoms with Gasteiger partial charge in [-0.3, -0.25) is 9.89 Å². The Morgan fingerprint density at radius 3 is 2.63 bits per heavy atom. The number of amides is 1. The van der Waals surface area contributed by atoms with Gasteiger partial charge in [0.15, 0.2) is 12.3 Å². The maximum absolute atomic E-state index is 13.5. The Morgan fingerprint density at radius 2 is 1.90 bits per heavy atom. The van der Waals surface area contributed by atoms with E-state index in [1.54, 1.807) is 4.90 Å². The third kappa shape index (κ3) is 4.26. The molecule has 8 nitrogen and oxygen atoms in total. The minimum atomic E-state index is -4.46. The van der Waals surface area contributed by atoms with Crippen LogP contribution in [0.4, 0.5) is 23.4 Å². The molecule has 0 atom stereocenters. The Kier molecular flexibility index (Phi) is 5.14. The van der Waals surface area contributed by atoms with Crippen LogP contribution < -0.4 is 9.64 Å². The van der Waals surface area contributed by atoms with E-state index in [1.807, 2.05) is 4.90 Å². The third-order valence-electron chi connectivity index (χ3n) is 4.63. The van der Waals surface area contributed by atoms with Gasteiger partial charge in [-0.2, -0.15) is 18.3 Å². The van der Waals surface area contributed by atoms with Crippen molar-refractivity contribution in [3.05, 3.63) is 42.1 Å². The van der Waals surface area contributed by atoms with Crippen molar-refractivity contribution in [2.75, 3.05) is 37.7 Å². The SMILES string of the molecule is O=C(c1n[nH]c2ccc(F)cc12)N1CCN(c2cc(OCC(F)(F)F)ncn2)CC1. The van der Waals surface area contributed by atoms with Crippen LogP contribution in [0.25, 0.3) is 10.9 Å². The highest BCUT2D eigenvalue weighted by atomic mass is 19.4. The fourth-order valence-electron chi connectivity index (χ4n) is 3.18. The Bertz CT molecular complexity index is 1060. The third-order valence-corrected chi connectivity index (χ3v) is 4.63. The van der Waals surface area contributed by atoms with E-state index >= 15 is 0 Å². The lowest BCUT2D eigenvalue weighted by Crippen LogP contribution is -2.49. The van der Waals surface area contributed by atoms with Gasteiger partial charge >= 0.3 is 6.18 Å². The number of carbonyl (C=O) groups is 1. The van der Waals surface area contributed by atoms with Gasteiger partial charge in [0.1, 0.15) is 18.0 Å². The topological polar surface area (TPSA) is 87.2 Å². The first-order valence-electron chi connectivity index (χ1n) is 8.99. The van der Waals surface area contributed by atoms with E-state index in [4.69, 9.17) is 0 Å². The van der Waals surface area contributed by atoms with Gasteiger partial charge < -0.3 is 14.5 Å². The lowest BCUT2D eigenvalue weighted by Gasteiger charge is -2.35. The van der Waals surface area contributed by atoms with Gasteiger partial charge in [0.25, 0.3) is 5.91 Å². The van der Waals surface area contributed by atoms with Crippen LogP contribution in [0.2, 0.25) is 0 Å². The molecule has 1 aliphatic heterocycles. The number of benzene rings is 1. The monoisotopic (exact) mass is 424 g/mol. The van der Waals surface area contributed by atoms with Crippen LogP contribution in [0.1, 0.15) is 10.5 Å². The van der Waals surface area contributed by atoms with Crippen molar-refractivity contribution in [2.24, 2.45) is 0 Å². The number of hydrogen-bond acceptors (Lipinski definition) is 6. The summed E-state index contributed by atoms with van der Waals surface area (Å²) in [6.45, 7) is 0.0385. The number of ether oxygens (including phenoxy) is 1. The van der Waals surface area contributed by atoms with Crippen LogP contribution >= 0.6 is 0 Å². The van der Waals surface area contributed by atoms with Crippen LogP contribution in [0.15, 0.2) is 30.6 Å². The van der Waals surface area contributed by atoms with Gasteiger partial charge in [-0.1, -0.05) is 0 Å². The van der Waals surface area contributed by atoms with Crippen molar-refractivity contribution in [3.63, 3.8) is 0 Å². The highest BCUT2D eigenvalue weighted by Gasteiger charge is 2.29. The fourth-order valence-corrected chi connectivity index (χ4v) is 3.18. The Hall–Kier alpha value is -3.44. The smallest absolute Gasteiger partial charge is 0.422 e. The summed E-state index contributed by atoms with van der Waals surface area (Å²) in [4.78, 5) is 24.0. The molecule has 12 heteroatoms. The number of halogens is 4. The van der Waals surface area contributed by atoms with Crippen LogP contribution in [-0.2, 0) is 0 Å². The number of aromatic amines is 1. The number of carbonyl (C=O) groups excluding carboxylic acids is 1. The average molecular weight is 424 g/mol. The molecule has 0 radical (unpaired) electrons. The summed E-state index contributed by atoms with van der Waals surface area (Å²) in [6.07, 6.45) is -3.33. The van der Waals surface area contributed by atoms with Crippen LogP contribution in [0.3, 0.4) is 0 Å². The molecule has 4 rings (SSSR count). The van der Waals surface area contributed by atoms with E-state index in [0.29, 0.717) is 42.9 Å². The Labute approximate surface area is 167 Å². The molecule has 0 saturated carbocycles. The molecule has 0 aliphatic carbocycles. The predicted molar refractivity (Wildman–Crippen MR) is 97.8 cm³/mol. The molecule has 1 N–H and O–H groups in total. The number of rotatable bonds is 4. The summed E-state index contributed by atoms with van der Waals surface area (Å²) in [6, 6.07) is 5.38. The lowest BCUT2D eigenvalue weighted by atomic mass is 10.2. The second kappa shape index (κ2) is 7.76. The maximum atomic E-state index is 13.5. The Balaban J connectivity index is 1.41. The first kappa shape index (κ1) is 19.9. The standard InChI is InChI=1S/C18H16F4N6O2/c19-11-1-2-13-12(7-11)16(26-25-13)17(29)28-5-3-27(4-6-28)14-8-15(24-10-23-14)30-9-18(20,21)22/h1-2,7-8,10H,3-6,9H2,(H,25,26). The van der Waals surface area contributed by atoms with E-state index in [2.05, 4.69) is 24.9 Å². The number of nitrogens with one attached hydrogen (secondary N) is 1. The van der Waals surface area contributed by atoms with Crippen LogP contribution in [-0.4, -0.2) is 69.9 Å². The first-order chi connectivity index (χ1) is 14.3. The van der Waals surface area contributed by atoms with Gasteiger partial charge in [0, 0.05) is 37.6 Å². The van der Waals surface area contributed by atoms with E-state index in [9.17, 15) is 22.4 Å². The van der Waals surface area contributed by atoms with E-state index < -0.39 is 18.6 Å². The zero-order chi connectivity index (χ0) is 21.3. The van der Waals surface area contributed by atoms with Gasteiger partial charge in [0.05, 0.1) is 5.52 Å². The number of H-pyrrole nitrogens is 1. The van der Waals surface area contributed by atoms with Crippen LogP contribution in [0.5, 0.6) is 5.88 Å². The molecule has 30 heavy (non-hydrogen) atoms. The minimum absolute atomic E-state index is 0.142. The van der Waals surface area contributed by atoms with Gasteiger partial charge in [-0.15, -0.1) is 0 Å². The van der Waals surface area contributed by atoms with Crippen molar-refractivity contribution >= 4 is 22.6 Å². The normalized spacial score (nSPS) is 14.9. The highest BCUT2D eigenvalue weighted by molar-refractivity contribution is 6.04. The molecule has 0 bridgehead atoms. The molecule has 158 valence electrons. The second-order valence-electron chi connectivity index (χ2n) is 6.66.